The van der Waals surface area contributed by atoms with Crippen molar-refractivity contribution in [3.63, 3.8) is 0 Å². The Balaban J connectivity index is 1.49. The summed E-state index contributed by atoms with van der Waals surface area (Å²) in [6, 6.07) is 11.9. The average molecular weight is 437 g/mol. The first-order valence-corrected chi connectivity index (χ1v) is 10.1. The normalized spacial score (nSPS) is 13.8. The third-order valence-corrected chi connectivity index (χ3v) is 5.06. The van der Waals surface area contributed by atoms with E-state index in [-0.39, 0.29) is 48.2 Å². The summed E-state index contributed by atoms with van der Waals surface area (Å²) in [6.45, 7) is 3.78. The van der Waals surface area contributed by atoms with Gasteiger partial charge in [0.1, 0.15) is 17.2 Å². The molecule has 1 aliphatic rings. The number of hydrazone groups is 1. The number of benzene rings is 2. The van der Waals surface area contributed by atoms with Crippen LogP contribution in [0.25, 0.3) is 5.69 Å². The van der Waals surface area contributed by atoms with Crippen molar-refractivity contribution in [2.75, 3.05) is 5.32 Å². The van der Waals surface area contributed by atoms with Crippen LogP contribution in [0.4, 0.5) is 14.5 Å². The van der Waals surface area contributed by atoms with Crippen LogP contribution in [-0.4, -0.2) is 32.3 Å². The molecule has 1 N–H and O–H groups in total. The van der Waals surface area contributed by atoms with Gasteiger partial charge >= 0.3 is 0 Å². The largest absolute Gasteiger partial charge is 0.321 e. The van der Waals surface area contributed by atoms with Crippen LogP contribution in [-0.2, 0) is 16.1 Å². The molecule has 2 amide bonds. The van der Waals surface area contributed by atoms with Gasteiger partial charge in [-0.3, -0.25) is 9.59 Å². The molecule has 2 heterocycles. The molecule has 0 radical (unpaired) electrons. The highest BCUT2D eigenvalue weighted by Crippen LogP contribution is 2.21. The number of nitrogens with zero attached hydrogens (tertiary/aromatic N) is 4. The molecule has 164 valence electrons. The summed E-state index contributed by atoms with van der Waals surface area (Å²) >= 11 is 0. The number of carbonyl (C=O) groups excluding carboxylic acids is 2. The standard InChI is InChI=1S/C23H21F2N5O2/c1-14-11-15(2)30(27-14)21-9-7-18(12-19(21)25)26-23(32)20-8-10-22(31)29(28-20)13-16-3-5-17(24)6-4-16/h3-7,9,11-12H,8,10,13H2,1-2H3,(H,26,32). The molecule has 0 saturated heterocycles. The number of amides is 2. The third-order valence-electron chi connectivity index (χ3n) is 5.06. The lowest BCUT2D eigenvalue weighted by Gasteiger charge is -2.23. The number of hydrogen-bond acceptors (Lipinski definition) is 4. The monoisotopic (exact) mass is 437 g/mol. The summed E-state index contributed by atoms with van der Waals surface area (Å²) in [5.41, 5.74) is 2.96. The molecule has 32 heavy (non-hydrogen) atoms. The molecule has 0 aliphatic carbocycles. The van der Waals surface area contributed by atoms with E-state index in [1.165, 1.54) is 34.0 Å². The van der Waals surface area contributed by atoms with Crippen molar-refractivity contribution < 1.29 is 18.4 Å². The van der Waals surface area contributed by atoms with Crippen molar-refractivity contribution in [1.29, 1.82) is 0 Å². The minimum atomic E-state index is -0.535. The van der Waals surface area contributed by atoms with Gasteiger partial charge in [-0.15, -0.1) is 0 Å². The van der Waals surface area contributed by atoms with Crippen LogP contribution >= 0.6 is 0 Å². The van der Waals surface area contributed by atoms with Gasteiger partial charge in [-0.25, -0.2) is 18.5 Å². The van der Waals surface area contributed by atoms with Gasteiger partial charge in [-0.2, -0.15) is 10.2 Å². The highest BCUT2D eigenvalue weighted by atomic mass is 19.1. The Morgan fingerprint density at radius 3 is 2.47 bits per heavy atom. The van der Waals surface area contributed by atoms with Crippen molar-refractivity contribution in [1.82, 2.24) is 14.8 Å². The molecule has 9 heteroatoms. The first-order valence-electron chi connectivity index (χ1n) is 10.1. The van der Waals surface area contributed by atoms with Gasteiger partial charge in [0.15, 0.2) is 5.82 Å². The summed E-state index contributed by atoms with van der Waals surface area (Å²) < 4.78 is 29.3. The maximum Gasteiger partial charge on any atom is 0.271 e. The molecular weight excluding hydrogens is 416 g/mol. The van der Waals surface area contributed by atoms with Crippen LogP contribution in [0.5, 0.6) is 0 Å². The van der Waals surface area contributed by atoms with E-state index in [2.05, 4.69) is 15.5 Å². The first-order chi connectivity index (χ1) is 15.3. The van der Waals surface area contributed by atoms with Gasteiger partial charge < -0.3 is 5.32 Å². The number of hydrogen-bond donors (Lipinski definition) is 1. The fraction of sp³-hybridized carbons (Fsp3) is 0.217. The Morgan fingerprint density at radius 2 is 1.81 bits per heavy atom. The molecule has 2 aromatic carbocycles. The number of anilines is 1. The van der Waals surface area contributed by atoms with Gasteiger partial charge in [0.05, 0.1) is 12.2 Å². The van der Waals surface area contributed by atoms with E-state index in [0.29, 0.717) is 5.56 Å². The van der Waals surface area contributed by atoms with E-state index < -0.39 is 11.7 Å². The van der Waals surface area contributed by atoms with Crippen LogP contribution in [0.3, 0.4) is 0 Å². The van der Waals surface area contributed by atoms with Crippen LogP contribution in [0, 0.1) is 25.5 Å². The van der Waals surface area contributed by atoms with Crippen molar-refractivity contribution >= 4 is 23.2 Å². The summed E-state index contributed by atoms with van der Waals surface area (Å²) in [5, 5.41) is 12.3. The molecule has 1 aliphatic heterocycles. The Hall–Kier alpha value is -3.88. The van der Waals surface area contributed by atoms with Crippen LogP contribution in [0.1, 0.15) is 29.8 Å². The molecule has 1 aromatic heterocycles. The van der Waals surface area contributed by atoms with Gasteiger partial charge in [-0.05, 0) is 55.8 Å². The van der Waals surface area contributed by atoms with Crippen molar-refractivity contribution in [3.8, 4) is 5.69 Å². The lowest BCUT2D eigenvalue weighted by molar-refractivity contribution is -0.132. The van der Waals surface area contributed by atoms with E-state index in [1.807, 2.05) is 19.9 Å². The predicted octanol–water partition coefficient (Wildman–Crippen LogP) is 3.88. The molecule has 3 aromatic rings. The lowest BCUT2D eigenvalue weighted by atomic mass is 10.1. The highest BCUT2D eigenvalue weighted by Gasteiger charge is 2.25. The molecule has 0 saturated carbocycles. The van der Waals surface area contributed by atoms with Gasteiger partial charge in [0.2, 0.25) is 5.91 Å². The Morgan fingerprint density at radius 1 is 1.06 bits per heavy atom. The molecule has 4 rings (SSSR count). The maximum atomic E-state index is 14.7. The minimum Gasteiger partial charge on any atom is -0.321 e. The summed E-state index contributed by atoms with van der Waals surface area (Å²) in [7, 11) is 0. The van der Waals surface area contributed by atoms with E-state index >= 15 is 0 Å². The zero-order valence-electron chi connectivity index (χ0n) is 17.6. The van der Waals surface area contributed by atoms with Crippen molar-refractivity contribution in [3.05, 3.63) is 77.1 Å². The van der Waals surface area contributed by atoms with E-state index in [0.717, 1.165) is 11.4 Å². The molecule has 7 nitrogen and oxygen atoms in total. The fourth-order valence-electron chi connectivity index (χ4n) is 3.48. The number of nitrogens with one attached hydrogen (secondary N) is 1. The maximum absolute atomic E-state index is 14.7. The molecule has 0 spiro atoms. The number of carbonyl (C=O) groups is 2. The van der Waals surface area contributed by atoms with Crippen LogP contribution in [0.15, 0.2) is 53.6 Å². The van der Waals surface area contributed by atoms with Crippen LogP contribution < -0.4 is 5.32 Å². The molecule has 0 bridgehead atoms. The van der Waals surface area contributed by atoms with Gasteiger partial charge in [-0.1, -0.05) is 12.1 Å². The first kappa shape index (κ1) is 21.4. The average Bonchev–Trinajstić information content (AvgIpc) is 3.09. The lowest BCUT2D eigenvalue weighted by Crippen LogP contribution is -2.36. The van der Waals surface area contributed by atoms with Crippen molar-refractivity contribution in [2.45, 2.75) is 33.2 Å². The zero-order valence-corrected chi connectivity index (χ0v) is 17.6. The second kappa shape index (κ2) is 8.70. The molecular formula is C23H21F2N5O2. The van der Waals surface area contributed by atoms with Crippen LogP contribution in [0.2, 0.25) is 0 Å². The van der Waals surface area contributed by atoms with E-state index in [9.17, 15) is 18.4 Å². The second-order valence-electron chi connectivity index (χ2n) is 7.58. The number of aryl methyl sites for hydroxylation is 2. The molecule has 0 fully saturated rings. The predicted molar refractivity (Wildman–Crippen MR) is 115 cm³/mol. The number of rotatable bonds is 5. The summed E-state index contributed by atoms with van der Waals surface area (Å²) in [4.78, 5) is 24.9. The number of aromatic nitrogens is 2. The fourth-order valence-corrected chi connectivity index (χ4v) is 3.48. The smallest absolute Gasteiger partial charge is 0.271 e. The Labute approximate surface area is 183 Å². The van der Waals surface area contributed by atoms with E-state index in [4.69, 9.17) is 0 Å². The second-order valence-corrected chi connectivity index (χ2v) is 7.58. The summed E-state index contributed by atoms with van der Waals surface area (Å²) in [5.74, 6) is -1.66. The molecule has 0 unspecified atom stereocenters. The zero-order chi connectivity index (χ0) is 22.8. The third kappa shape index (κ3) is 4.56. The van der Waals surface area contributed by atoms with Gasteiger partial charge in [0.25, 0.3) is 5.91 Å². The Bertz CT molecular complexity index is 1220. The topological polar surface area (TPSA) is 79.6 Å². The number of halogens is 2. The van der Waals surface area contributed by atoms with Crippen molar-refractivity contribution in [2.24, 2.45) is 5.10 Å². The van der Waals surface area contributed by atoms with E-state index in [1.54, 1.807) is 18.2 Å². The highest BCUT2D eigenvalue weighted by molar-refractivity contribution is 6.43. The van der Waals surface area contributed by atoms with Gasteiger partial charge in [0, 0.05) is 24.2 Å². The molecule has 0 atom stereocenters. The quantitative estimate of drug-likeness (QED) is 0.658. The Kier molecular flexibility index (Phi) is 5.81. The minimum absolute atomic E-state index is 0.124. The summed E-state index contributed by atoms with van der Waals surface area (Å²) in [6.07, 6.45) is 0.301. The SMILES string of the molecule is Cc1cc(C)n(-c2ccc(NC(=O)C3=NN(Cc4ccc(F)cc4)C(=O)CC3)cc2F)n1.